The van der Waals surface area contributed by atoms with E-state index in [0.717, 1.165) is 16.5 Å². The van der Waals surface area contributed by atoms with Crippen LogP contribution in [-0.4, -0.2) is 28.7 Å². The molecule has 0 radical (unpaired) electrons. The molecule has 9 heteroatoms. The molecule has 1 saturated carbocycles. The Balaban J connectivity index is 1.37. The van der Waals surface area contributed by atoms with Crippen LogP contribution in [0.15, 0.2) is 42.7 Å². The number of nitrogens with one attached hydrogen (secondary N) is 2. The minimum absolute atomic E-state index is 0.0120. The lowest BCUT2D eigenvalue weighted by atomic mass is 10.1. The Morgan fingerprint density at radius 2 is 2.19 bits per heavy atom. The average Bonchev–Trinajstić information content (AvgIpc) is 3.43. The molecule has 0 bridgehead atoms. The number of nitrogens with zero attached hydrogens (tertiary/aromatic N) is 2. The van der Waals surface area contributed by atoms with E-state index in [1.807, 2.05) is 18.3 Å². The molecule has 160 valence electrons. The van der Waals surface area contributed by atoms with E-state index < -0.39 is 18.8 Å². The second kappa shape index (κ2) is 7.95. The van der Waals surface area contributed by atoms with Crippen LogP contribution in [-0.2, 0) is 4.79 Å². The van der Waals surface area contributed by atoms with Gasteiger partial charge in [-0.05, 0) is 55.2 Å². The number of fused-ring (bicyclic) bond motifs is 1. The van der Waals surface area contributed by atoms with Crippen LogP contribution in [0, 0.1) is 17.2 Å². The van der Waals surface area contributed by atoms with Gasteiger partial charge in [0.05, 0.1) is 29.6 Å². The van der Waals surface area contributed by atoms with Crippen LogP contribution >= 0.6 is 0 Å². The van der Waals surface area contributed by atoms with E-state index in [-0.39, 0.29) is 23.5 Å². The molecule has 3 aromatic rings. The number of alkyl halides is 3. The van der Waals surface area contributed by atoms with Crippen molar-refractivity contribution in [1.29, 1.82) is 5.26 Å². The zero-order valence-corrected chi connectivity index (χ0v) is 16.5. The third-order valence-corrected chi connectivity index (χ3v) is 5.33. The standard InChI is InChI=1S/C22H19F3N4O2/c1-12(19-5-3-14(9-27-19)31-11-22(23,24)25)29-21(30)17-7-15(17)18-10-28-20-4-2-13(8-26)6-16(18)20/h2-6,9-10,12,15,17,28H,7,11H2,1H3,(H,29,30)/t12-,15-,17-/m1/s1. The minimum atomic E-state index is -4.41. The van der Waals surface area contributed by atoms with E-state index in [4.69, 9.17) is 5.26 Å². The van der Waals surface area contributed by atoms with E-state index in [2.05, 4.69) is 26.1 Å². The Kier molecular flexibility index (Phi) is 5.31. The van der Waals surface area contributed by atoms with Gasteiger partial charge in [-0.25, -0.2) is 0 Å². The van der Waals surface area contributed by atoms with Crippen LogP contribution in [0.3, 0.4) is 0 Å². The number of ether oxygens (including phenoxy) is 1. The van der Waals surface area contributed by atoms with Gasteiger partial charge in [-0.15, -0.1) is 0 Å². The molecule has 2 N–H and O–H groups in total. The van der Waals surface area contributed by atoms with Gasteiger partial charge in [0.25, 0.3) is 0 Å². The number of benzene rings is 1. The van der Waals surface area contributed by atoms with Crippen LogP contribution in [0.2, 0.25) is 0 Å². The lowest BCUT2D eigenvalue weighted by Crippen LogP contribution is -2.29. The van der Waals surface area contributed by atoms with Crippen molar-refractivity contribution in [2.24, 2.45) is 5.92 Å². The second-order valence-electron chi connectivity index (χ2n) is 7.62. The van der Waals surface area contributed by atoms with E-state index in [1.54, 1.807) is 13.0 Å². The maximum Gasteiger partial charge on any atom is 0.422 e. The molecule has 31 heavy (non-hydrogen) atoms. The molecule has 0 saturated heterocycles. The number of hydrogen-bond donors (Lipinski definition) is 2. The molecular weight excluding hydrogens is 409 g/mol. The Morgan fingerprint density at radius 1 is 1.39 bits per heavy atom. The molecule has 6 nitrogen and oxygen atoms in total. The Hall–Kier alpha value is -3.54. The molecule has 1 fully saturated rings. The summed E-state index contributed by atoms with van der Waals surface area (Å²) in [7, 11) is 0. The van der Waals surface area contributed by atoms with Crippen LogP contribution in [0.1, 0.15) is 42.1 Å². The van der Waals surface area contributed by atoms with Crippen molar-refractivity contribution in [3.05, 3.63) is 59.5 Å². The summed E-state index contributed by atoms with van der Waals surface area (Å²) in [5.41, 5.74) is 3.03. The molecular formula is C22H19F3N4O2. The first-order valence-electron chi connectivity index (χ1n) is 9.72. The number of carbonyl (C=O) groups excluding carboxylic acids is 1. The summed E-state index contributed by atoms with van der Waals surface area (Å²) in [6, 6.07) is 10.1. The highest BCUT2D eigenvalue weighted by atomic mass is 19.4. The minimum Gasteiger partial charge on any atom is -0.483 e. The molecule has 1 aliphatic rings. The third kappa shape index (κ3) is 4.63. The highest BCUT2D eigenvalue weighted by Crippen LogP contribution is 2.50. The third-order valence-electron chi connectivity index (χ3n) is 5.33. The lowest BCUT2D eigenvalue weighted by Gasteiger charge is -2.14. The fourth-order valence-electron chi connectivity index (χ4n) is 3.64. The predicted molar refractivity (Wildman–Crippen MR) is 106 cm³/mol. The number of rotatable bonds is 6. The van der Waals surface area contributed by atoms with Crippen LogP contribution < -0.4 is 10.1 Å². The summed E-state index contributed by atoms with van der Waals surface area (Å²) in [5.74, 6) is -0.206. The van der Waals surface area contributed by atoms with Gasteiger partial charge in [-0.1, -0.05) is 0 Å². The lowest BCUT2D eigenvalue weighted by molar-refractivity contribution is -0.153. The normalized spacial score (nSPS) is 18.9. The first-order valence-corrected chi connectivity index (χ1v) is 9.72. The maximum atomic E-state index is 12.7. The fourth-order valence-corrected chi connectivity index (χ4v) is 3.64. The summed E-state index contributed by atoms with van der Waals surface area (Å²) in [4.78, 5) is 20.0. The number of halogens is 3. The molecule has 0 aliphatic heterocycles. The van der Waals surface area contributed by atoms with Crippen molar-refractivity contribution in [3.8, 4) is 11.8 Å². The fraction of sp³-hybridized carbons (Fsp3) is 0.318. The Labute approximate surface area is 176 Å². The number of aromatic nitrogens is 2. The first kappa shape index (κ1) is 20.7. The van der Waals surface area contributed by atoms with Crippen molar-refractivity contribution < 1.29 is 22.7 Å². The molecule has 4 rings (SSSR count). The number of H-pyrrole nitrogens is 1. The van der Waals surface area contributed by atoms with E-state index in [0.29, 0.717) is 17.7 Å². The van der Waals surface area contributed by atoms with Crippen molar-refractivity contribution in [2.45, 2.75) is 31.5 Å². The highest BCUT2D eigenvalue weighted by Gasteiger charge is 2.45. The van der Waals surface area contributed by atoms with E-state index in [9.17, 15) is 18.0 Å². The van der Waals surface area contributed by atoms with E-state index in [1.165, 1.54) is 18.3 Å². The van der Waals surface area contributed by atoms with Gasteiger partial charge in [0.15, 0.2) is 6.61 Å². The summed E-state index contributed by atoms with van der Waals surface area (Å²) in [6.07, 6.45) is -0.613. The SMILES string of the molecule is C[C@@H](NC(=O)[C@@H]1C[C@H]1c1c[nH]c2ccc(C#N)cc12)c1ccc(OCC(F)(F)F)cn1. The van der Waals surface area contributed by atoms with Gasteiger partial charge in [0.1, 0.15) is 5.75 Å². The number of nitriles is 1. The van der Waals surface area contributed by atoms with Crippen molar-refractivity contribution in [2.75, 3.05) is 6.61 Å². The maximum absolute atomic E-state index is 12.7. The second-order valence-corrected chi connectivity index (χ2v) is 7.62. The van der Waals surface area contributed by atoms with Crippen LogP contribution in [0.25, 0.3) is 10.9 Å². The quantitative estimate of drug-likeness (QED) is 0.611. The largest absolute Gasteiger partial charge is 0.483 e. The smallest absolute Gasteiger partial charge is 0.422 e. The molecule has 2 heterocycles. The van der Waals surface area contributed by atoms with Crippen molar-refractivity contribution >= 4 is 16.8 Å². The number of amides is 1. The summed E-state index contributed by atoms with van der Waals surface area (Å²) in [6.45, 7) is 0.381. The monoisotopic (exact) mass is 428 g/mol. The van der Waals surface area contributed by atoms with E-state index >= 15 is 0 Å². The highest BCUT2D eigenvalue weighted by molar-refractivity contribution is 5.89. The predicted octanol–water partition coefficient (Wildman–Crippen LogP) is 4.36. The molecule has 1 aliphatic carbocycles. The zero-order valence-electron chi connectivity index (χ0n) is 16.5. The molecule has 0 spiro atoms. The van der Waals surface area contributed by atoms with Gasteiger partial charge in [0, 0.05) is 23.0 Å². The summed E-state index contributed by atoms with van der Waals surface area (Å²) in [5, 5.41) is 13.0. The Bertz CT molecular complexity index is 1150. The summed E-state index contributed by atoms with van der Waals surface area (Å²) >= 11 is 0. The number of carbonyl (C=O) groups is 1. The number of aromatic amines is 1. The average molecular weight is 428 g/mol. The Morgan fingerprint density at radius 3 is 2.87 bits per heavy atom. The van der Waals surface area contributed by atoms with Crippen LogP contribution in [0.4, 0.5) is 13.2 Å². The van der Waals surface area contributed by atoms with Gasteiger partial charge in [-0.3, -0.25) is 9.78 Å². The van der Waals surface area contributed by atoms with Crippen molar-refractivity contribution in [1.82, 2.24) is 15.3 Å². The summed E-state index contributed by atoms with van der Waals surface area (Å²) < 4.78 is 41.3. The molecule has 3 atom stereocenters. The molecule has 1 amide bonds. The van der Waals surface area contributed by atoms with Gasteiger partial charge >= 0.3 is 6.18 Å². The number of pyridine rings is 1. The van der Waals surface area contributed by atoms with Gasteiger partial charge in [0.2, 0.25) is 5.91 Å². The molecule has 2 aromatic heterocycles. The molecule has 1 aromatic carbocycles. The van der Waals surface area contributed by atoms with Crippen molar-refractivity contribution in [3.63, 3.8) is 0 Å². The first-order chi connectivity index (χ1) is 14.7. The topological polar surface area (TPSA) is 90.8 Å². The zero-order chi connectivity index (χ0) is 22.2. The van der Waals surface area contributed by atoms with Crippen LogP contribution in [0.5, 0.6) is 5.75 Å². The number of hydrogen-bond acceptors (Lipinski definition) is 4. The van der Waals surface area contributed by atoms with Gasteiger partial charge < -0.3 is 15.0 Å². The molecule has 0 unspecified atom stereocenters. The van der Waals surface area contributed by atoms with Gasteiger partial charge in [-0.2, -0.15) is 18.4 Å².